The highest BCUT2D eigenvalue weighted by Crippen LogP contribution is 2.07. The van der Waals surface area contributed by atoms with Crippen LogP contribution in [0.4, 0.5) is 0 Å². The summed E-state index contributed by atoms with van der Waals surface area (Å²) in [5, 5.41) is 8.95. The lowest BCUT2D eigenvalue weighted by molar-refractivity contribution is -0.124. The molecule has 0 rings (SSSR count). The van der Waals surface area contributed by atoms with Gasteiger partial charge in [0, 0.05) is 79.5 Å². The van der Waals surface area contributed by atoms with Crippen molar-refractivity contribution in [1.29, 1.82) is 0 Å². The SMILES string of the molecule is COCCCCCCNC(=O)CC(CCCCNC(=O)CCCCOC)NC(=O)CCCCOC. The largest absolute Gasteiger partial charge is 0.385 e. The summed E-state index contributed by atoms with van der Waals surface area (Å²) in [4.78, 5) is 36.6. The molecule has 1 unspecified atom stereocenters. The zero-order chi connectivity index (χ0) is 26.0. The van der Waals surface area contributed by atoms with Crippen molar-refractivity contribution in [2.24, 2.45) is 0 Å². The summed E-state index contributed by atoms with van der Waals surface area (Å²) in [5.41, 5.74) is 0. The second-order valence-electron chi connectivity index (χ2n) is 8.97. The lowest BCUT2D eigenvalue weighted by atomic mass is 10.0. The van der Waals surface area contributed by atoms with Crippen molar-refractivity contribution in [2.75, 3.05) is 54.2 Å². The van der Waals surface area contributed by atoms with E-state index < -0.39 is 0 Å². The Labute approximate surface area is 212 Å². The third-order valence-corrected chi connectivity index (χ3v) is 5.70. The van der Waals surface area contributed by atoms with Crippen LogP contribution < -0.4 is 16.0 Å². The smallest absolute Gasteiger partial charge is 0.222 e. The van der Waals surface area contributed by atoms with Gasteiger partial charge in [0.15, 0.2) is 0 Å². The van der Waals surface area contributed by atoms with Gasteiger partial charge in [-0.25, -0.2) is 0 Å². The quantitative estimate of drug-likeness (QED) is 0.166. The summed E-state index contributed by atoms with van der Waals surface area (Å²) in [6.07, 6.45) is 11.0. The number of nitrogens with one attached hydrogen (secondary N) is 3. The van der Waals surface area contributed by atoms with E-state index in [2.05, 4.69) is 16.0 Å². The molecule has 9 nitrogen and oxygen atoms in total. The lowest BCUT2D eigenvalue weighted by Crippen LogP contribution is -2.39. The molecule has 0 fully saturated rings. The number of hydrogen-bond donors (Lipinski definition) is 3. The summed E-state index contributed by atoms with van der Waals surface area (Å²) in [7, 11) is 5.02. The van der Waals surface area contributed by atoms with E-state index in [1.54, 1.807) is 21.3 Å². The monoisotopic (exact) mass is 501 g/mol. The summed E-state index contributed by atoms with van der Waals surface area (Å²) in [6.45, 7) is 3.35. The van der Waals surface area contributed by atoms with Gasteiger partial charge in [-0.3, -0.25) is 14.4 Å². The van der Waals surface area contributed by atoms with Crippen molar-refractivity contribution < 1.29 is 28.6 Å². The number of amides is 3. The first-order valence-corrected chi connectivity index (χ1v) is 13.3. The Morgan fingerprint density at radius 2 is 1.06 bits per heavy atom. The summed E-state index contributed by atoms with van der Waals surface area (Å²) >= 11 is 0. The molecule has 0 radical (unpaired) electrons. The number of carbonyl (C=O) groups excluding carboxylic acids is 3. The van der Waals surface area contributed by atoms with Gasteiger partial charge >= 0.3 is 0 Å². The fourth-order valence-corrected chi connectivity index (χ4v) is 3.67. The van der Waals surface area contributed by atoms with Crippen LogP contribution in [-0.4, -0.2) is 78.0 Å². The van der Waals surface area contributed by atoms with E-state index in [0.29, 0.717) is 45.6 Å². The number of methoxy groups -OCH3 is 3. The lowest BCUT2D eigenvalue weighted by Gasteiger charge is -2.19. The minimum absolute atomic E-state index is 0.0265. The van der Waals surface area contributed by atoms with E-state index in [1.807, 2.05) is 0 Å². The molecule has 0 saturated carbocycles. The Balaban J connectivity index is 4.27. The number of carbonyl (C=O) groups is 3. The fourth-order valence-electron chi connectivity index (χ4n) is 3.67. The van der Waals surface area contributed by atoms with Crippen LogP contribution in [0.25, 0.3) is 0 Å². The molecule has 0 aliphatic rings. The molecule has 0 aliphatic heterocycles. The van der Waals surface area contributed by atoms with Crippen molar-refractivity contribution in [1.82, 2.24) is 16.0 Å². The number of ether oxygens (including phenoxy) is 3. The molecule has 9 heteroatoms. The molecule has 0 aromatic carbocycles. The maximum Gasteiger partial charge on any atom is 0.222 e. The van der Waals surface area contributed by atoms with Gasteiger partial charge < -0.3 is 30.2 Å². The highest BCUT2D eigenvalue weighted by Gasteiger charge is 2.16. The van der Waals surface area contributed by atoms with Crippen LogP contribution in [0.5, 0.6) is 0 Å². The van der Waals surface area contributed by atoms with Gasteiger partial charge in [-0.05, 0) is 57.8 Å². The summed E-state index contributed by atoms with van der Waals surface area (Å²) in [5.74, 6) is 0.000886. The molecule has 35 heavy (non-hydrogen) atoms. The average molecular weight is 502 g/mol. The van der Waals surface area contributed by atoms with Gasteiger partial charge in [-0.1, -0.05) is 12.8 Å². The molecule has 0 spiro atoms. The third kappa shape index (κ3) is 23.8. The van der Waals surface area contributed by atoms with Crippen LogP contribution in [0.2, 0.25) is 0 Å². The third-order valence-electron chi connectivity index (χ3n) is 5.70. The van der Waals surface area contributed by atoms with Crippen molar-refractivity contribution in [3.63, 3.8) is 0 Å². The van der Waals surface area contributed by atoms with Crippen LogP contribution in [0.1, 0.15) is 89.9 Å². The zero-order valence-corrected chi connectivity index (χ0v) is 22.5. The van der Waals surface area contributed by atoms with Gasteiger partial charge in [0.2, 0.25) is 17.7 Å². The van der Waals surface area contributed by atoms with Crippen LogP contribution in [0, 0.1) is 0 Å². The number of rotatable bonds is 25. The molecule has 0 aromatic rings. The van der Waals surface area contributed by atoms with Gasteiger partial charge in [0.05, 0.1) is 0 Å². The van der Waals surface area contributed by atoms with Gasteiger partial charge in [-0.15, -0.1) is 0 Å². The first-order valence-electron chi connectivity index (χ1n) is 13.3. The Morgan fingerprint density at radius 3 is 1.66 bits per heavy atom. The zero-order valence-electron chi connectivity index (χ0n) is 22.5. The topological polar surface area (TPSA) is 115 Å². The molecule has 1 atom stereocenters. The minimum atomic E-state index is -0.198. The van der Waals surface area contributed by atoms with E-state index in [-0.39, 0.29) is 30.2 Å². The van der Waals surface area contributed by atoms with Gasteiger partial charge in [0.25, 0.3) is 0 Å². The van der Waals surface area contributed by atoms with Gasteiger partial charge in [0.1, 0.15) is 0 Å². The molecule has 3 amide bonds. The molecular formula is C26H51N3O6. The van der Waals surface area contributed by atoms with Crippen molar-refractivity contribution in [3.8, 4) is 0 Å². The van der Waals surface area contributed by atoms with Crippen LogP contribution >= 0.6 is 0 Å². The van der Waals surface area contributed by atoms with E-state index in [1.165, 1.54) is 0 Å². The second-order valence-corrected chi connectivity index (χ2v) is 8.97. The van der Waals surface area contributed by atoms with Crippen molar-refractivity contribution >= 4 is 17.7 Å². The van der Waals surface area contributed by atoms with Crippen molar-refractivity contribution in [2.45, 2.75) is 95.9 Å². The molecule has 206 valence electrons. The van der Waals surface area contributed by atoms with Crippen molar-refractivity contribution in [3.05, 3.63) is 0 Å². The Morgan fingerprint density at radius 1 is 0.571 bits per heavy atom. The van der Waals surface area contributed by atoms with Crippen LogP contribution in [0.3, 0.4) is 0 Å². The molecule has 0 heterocycles. The standard InChI is InChI=1S/C26H51N3O6/c1-33-19-11-5-4-9-17-28-26(32)22-23(29-25(31)16-8-13-21-35-3)14-6-10-18-27-24(30)15-7-12-20-34-2/h23H,4-22H2,1-3H3,(H,27,30)(H,28,32)(H,29,31). The molecule has 0 bridgehead atoms. The Hall–Kier alpha value is -1.71. The predicted octanol–water partition coefficient (Wildman–Crippen LogP) is 3.10. The molecular weight excluding hydrogens is 450 g/mol. The van der Waals surface area contributed by atoms with E-state index in [4.69, 9.17) is 14.2 Å². The highest BCUT2D eigenvalue weighted by atomic mass is 16.5. The van der Waals surface area contributed by atoms with Crippen LogP contribution in [-0.2, 0) is 28.6 Å². The average Bonchev–Trinajstić information content (AvgIpc) is 2.83. The highest BCUT2D eigenvalue weighted by molar-refractivity contribution is 5.79. The van der Waals surface area contributed by atoms with E-state index >= 15 is 0 Å². The molecule has 0 saturated heterocycles. The molecule has 0 aliphatic carbocycles. The van der Waals surface area contributed by atoms with E-state index in [9.17, 15) is 14.4 Å². The van der Waals surface area contributed by atoms with Crippen LogP contribution in [0.15, 0.2) is 0 Å². The molecule has 3 N–H and O–H groups in total. The maximum absolute atomic E-state index is 12.4. The first kappa shape index (κ1) is 33.3. The first-order chi connectivity index (χ1) is 17.0. The summed E-state index contributed by atoms with van der Waals surface area (Å²) < 4.78 is 15.1. The maximum atomic E-state index is 12.4. The Bertz CT molecular complexity index is 533. The minimum Gasteiger partial charge on any atom is -0.385 e. The normalized spacial score (nSPS) is 11.7. The number of unbranched alkanes of at least 4 members (excludes halogenated alkanes) is 6. The number of hydrogen-bond acceptors (Lipinski definition) is 6. The summed E-state index contributed by atoms with van der Waals surface area (Å²) in [6, 6.07) is -0.198. The predicted molar refractivity (Wildman–Crippen MR) is 138 cm³/mol. The second kappa shape index (κ2) is 25.4. The fraction of sp³-hybridized carbons (Fsp3) is 0.885. The molecule has 0 aromatic heterocycles. The Kier molecular flexibility index (Phi) is 24.1. The van der Waals surface area contributed by atoms with E-state index in [0.717, 1.165) is 70.8 Å². The van der Waals surface area contributed by atoms with Gasteiger partial charge in [-0.2, -0.15) is 0 Å².